The number of carbonyl (C=O) groups excluding carboxylic acids is 2. The second kappa shape index (κ2) is 9.98. The minimum Gasteiger partial charge on any atom is -0.362 e. The van der Waals surface area contributed by atoms with Gasteiger partial charge >= 0.3 is 0 Å². The third-order valence-corrected chi connectivity index (χ3v) is 5.26. The summed E-state index contributed by atoms with van der Waals surface area (Å²) in [4.78, 5) is 23.9. The molecular weight excluding hydrogens is 284 g/mol. The van der Waals surface area contributed by atoms with Gasteiger partial charge in [-0.3, -0.25) is 9.79 Å². The minimum absolute atomic E-state index is 0.190. The van der Waals surface area contributed by atoms with Crippen LogP contribution in [0.5, 0.6) is 0 Å². The van der Waals surface area contributed by atoms with Crippen molar-refractivity contribution in [3.8, 4) is 0 Å². The van der Waals surface area contributed by atoms with Crippen molar-refractivity contribution in [2.45, 2.75) is 70.6 Å². The fourth-order valence-corrected chi connectivity index (χ4v) is 3.45. The molecule has 1 N–H and O–H groups in total. The highest BCUT2D eigenvalue weighted by Gasteiger charge is 2.29. The summed E-state index contributed by atoms with van der Waals surface area (Å²) < 4.78 is -0.400. The molecule has 1 aliphatic rings. The fourth-order valence-electron chi connectivity index (χ4n) is 2.50. The molecule has 0 saturated heterocycles. The van der Waals surface area contributed by atoms with Gasteiger partial charge in [-0.05, 0) is 46.0 Å². The van der Waals surface area contributed by atoms with Gasteiger partial charge in [-0.15, -0.1) is 0 Å². The normalized spacial score (nSPS) is 22.4. The number of ketones is 1. The van der Waals surface area contributed by atoms with Crippen molar-refractivity contribution < 1.29 is 9.59 Å². The number of nitrogens with zero attached hydrogens (tertiary/aromatic N) is 1. The summed E-state index contributed by atoms with van der Waals surface area (Å²) in [6, 6.07) is 0.533. The molecule has 0 bridgehead atoms. The van der Waals surface area contributed by atoms with Gasteiger partial charge in [0.1, 0.15) is 12.6 Å². The van der Waals surface area contributed by atoms with Gasteiger partial charge in [0.25, 0.3) is 0 Å². The van der Waals surface area contributed by atoms with Crippen LogP contribution in [0, 0.1) is 5.92 Å². The average Bonchev–Trinajstić information content (AvgIpc) is 2.87. The summed E-state index contributed by atoms with van der Waals surface area (Å²) in [6.45, 7) is 9.82. The molecule has 0 aromatic heterocycles. The Morgan fingerprint density at radius 2 is 2.00 bits per heavy atom. The number of rotatable bonds is 5. The number of nitrogens with one attached hydrogen (secondary N) is 1. The highest BCUT2D eigenvalue weighted by Crippen LogP contribution is 2.31. The molecule has 122 valence electrons. The lowest BCUT2D eigenvalue weighted by atomic mass is 10.0. The molecule has 5 heteroatoms. The number of hydrogen-bond donors (Lipinski definition) is 1. The maximum absolute atomic E-state index is 11.6. The van der Waals surface area contributed by atoms with Crippen LogP contribution in [0.15, 0.2) is 4.99 Å². The first-order chi connectivity index (χ1) is 9.89. The SMILES string of the molecule is C=O.CCCC1CCC(NC(=NC)SC(C)(C)C(C)=O)C1. The highest BCUT2D eigenvalue weighted by molar-refractivity contribution is 8.15. The second-order valence-corrected chi connectivity index (χ2v) is 7.62. The average molecular weight is 314 g/mol. The van der Waals surface area contributed by atoms with Crippen LogP contribution in [-0.2, 0) is 9.59 Å². The summed E-state index contributed by atoms with van der Waals surface area (Å²) in [7, 11) is 1.80. The van der Waals surface area contributed by atoms with Crippen LogP contribution in [-0.4, -0.2) is 35.6 Å². The van der Waals surface area contributed by atoms with Crippen molar-refractivity contribution in [2.24, 2.45) is 10.9 Å². The van der Waals surface area contributed by atoms with Gasteiger partial charge in [0.15, 0.2) is 5.17 Å². The first-order valence-electron chi connectivity index (χ1n) is 7.61. The molecule has 0 aromatic carbocycles. The minimum atomic E-state index is -0.400. The largest absolute Gasteiger partial charge is 0.362 e. The Morgan fingerprint density at radius 1 is 1.38 bits per heavy atom. The maximum Gasteiger partial charge on any atom is 0.157 e. The maximum atomic E-state index is 11.6. The molecule has 0 aromatic rings. The van der Waals surface area contributed by atoms with E-state index in [1.54, 1.807) is 25.7 Å². The Bertz CT molecular complexity index is 356. The van der Waals surface area contributed by atoms with Crippen molar-refractivity contribution >= 4 is 29.5 Å². The molecular formula is C16H30N2O2S. The number of amidine groups is 1. The predicted molar refractivity (Wildman–Crippen MR) is 92.0 cm³/mol. The van der Waals surface area contributed by atoms with Gasteiger partial charge in [0.05, 0.1) is 4.75 Å². The van der Waals surface area contributed by atoms with Crippen LogP contribution in [0.3, 0.4) is 0 Å². The monoisotopic (exact) mass is 314 g/mol. The first-order valence-corrected chi connectivity index (χ1v) is 8.43. The van der Waals surface area contributed by atoms with Gasteiger partial charge in [0.2, 0.25) is 0 Å². The highest BCUT2D eigenvalue weighted by atomic mass is 32.2. The Kier molecular flexibility index (Phi) is 9.58. The van der Waals surface area contributed by atoms with Crippen LogP contribution in [0.25, 0.3) is 0 Å². The Labute approximate surface area is 133 Å². The lowest BCUT2D eigenvalue weighted by molar-refractivity contribution is -0.118. The summed E-state index contributed by atoms with van der Waals surface area (Å²) in [6.07, 6.45) is 6.41. The molecule has 0 spiro atoms. The zero-order valence-electron chi connectivity index (χ0n) is 14.1. The van der Waals surface area contributed by atoms with Crippen molar-refractivity contribution in [1.82, 2.24) is 5.32 Å². The molecule has 0 heterocycles. The van der Waals surface area contributed by atoms with Crippen LogP contribution < -0.4 is 5.32 Å². The van der Waals surface area contributed by atoms with Gasteiger partial charge in [-0.25, -0.2) is 0 Å². The number of carbonyl (C=O) groups is 2. The summed E-state index contributed by atoms with van der Waals surface area (Å²) in [5, 5.41) is 4.43. The molecule has 1 aliphatic carbocycles. The quantitative estimate of drug-likeness (QED) is 0.624. The Balaban J connectivity index is 0.00000191. The van der Waals surface area contributed by atoms with Gasteiger partial charge in [-0.2, -0.15) is 0 Å². The van der Waals surface area contributed by atoms with E-state index in [0.717, 1.165) is 11.1 Å². The molecule has 1 fully saturated rings. The molecule has 4 nitrogen and oxygen atoms in total. The van der Waals surface area contributed by atoms with E-state index >= 15 is 0 Å². The van der Waals surface area contributed by atoms with E-state index in [1.807, 2.05) is 20.6 Å². The molecule has 21 heavy (non-hydrogen) atoms. The van der Waals surface area contributed by atoms with Crippen molar-refractivity contribution in [2.75, 3.05) is 7.05 Å². The van der Waals surface area contributed by atoms with Crippen LogP contribution >= 0.6 is 11.8 Å². The summed E-state index contributed by atoms with van der Waals surface area (Å²) in [5.74, 6) is 1.06. The van der Waals surface area contributed by atoms with Gasteiger partial charge < -0.3 is 10.1 Å². The van der Waals surface area contributed by atoms with E-state index in [-0.39, 0.29) is 5.78 Å². The fraction of sp³-hybridized carbons (Fsp3) is 0.812. The molecule has 0 aliphatic heterocycles. The number of aliphatic imine (C=N–C) groups is 1. The number of thioether (sulfide) groups is 1. The van der Waals surface area contributed by atoms with E-state index in [4.69, 9.17) is 4.79 Å². The zero-order valence-corrected chi connectivity index (χ0v) is 14.9. The van der Waals surface area contributed by atoms with Crippen LogP contribution in [0.2, 0.25) is 0 Å². The summed E-state index contributed by atoms with van der Waals surface area (Å²) in [5.41, 5.74) is 0. The Hall–Kier alpha value is -0.840. The molecule has 1 rings (SSSR count). The molecule has 2 unspecified atom stereocenters. The van der Waals surface area contributed by atoms with Crippen molar-refractivity contribution in [1.29, 1.82) is 0 Å². The van der Waals surface area contributed by atoms with Gasteiger partial charge in [-0.1, -0.05) is 31.5 Å². The molecule has 0 amide bonds. The van der Waals surface area contributed by atoms with E-state index in [2.05, 4.69) is 17.2 Å². The van der Waals surface area contributed by atoms with E-state index in [1.165, 1.54) is 32.1 Å². The molecule has 2 atom stereocenters. The third-order valence-electron chi connectivity index (χ3n) is 3.97. The van der Waals surface area contributed by atoms with Crippen molar-refractivity contribution in [3.63, 3.8) is 0 Å². The van der Waals surface area contributed by atoms with Gasteiger partial charge in [0, 0.05) is 13.1 Å². The van der Waals surface area contributed by atoms with Crippen LogP contribution in [0.4, 0.5) is 0 Å². The second-order valence-electron chi connectivity index (χ2n) is 6.01. The Morgan fingerprint density at radius 3 is 2.48 bits per heavy atom. The van der Waals surface area contributed by atoms with E-state index in [0.29, 0.717) is 6.04 Å². The topological polar surface area (TPSA) is 58.5 Å². The first kappa shape index (κ1) is 20.2. The lowest BCUT2D eigenvalue weighted by Gasteiger charge is -2.24. The standard InChI is InChI=1S/C15H28N2OS.CH2O/c1-6-7-12-8-9-13(10-12)17-14(16-5)19-15(3,4)11(2)18;1-2/h12-13H,6-10H2,1-5H3,(H,16,17);1H2. The smallest absolute Gasteiger partial charge is 0.157 e. The molecule has 1 saturated carbocycles. The summed E-state index contributed by atoms with van der Waals surface area (Å²) >= 11 is 1.55. The van der Waals surface area contributed by atoms with E-state index < -0.39 is 4.75 Å². The third kappa shape index (κ3) is 7.11. The van der Waals surface area contributed by atoms with E-state index in [9.17, 15) is 4.79 Å². The molecule has 0 radical (unpaired) electrons. The van der Waals surface area contributed by atoms with Crippen molar-refractivity contribution in [3.05, 3.63) is 0 Å². The zero-order chi connectivity index (χ0) is 16.5. The van der Waals surface area contributed by atoms with Crippen LogP contribution in [0.1, 0.15) is 59.8 Å². The number of hydrogen-bond acceptors (Lipinski definition) is 4. The predicted octanol–water partition coefficient (Wildman–Crippen LogP) is 3.45. The number of Topliss-reactive ketones (excluding diaryl/α,β-unsaturated/α-hetero) is 1. The lowest BCUT2D eigenvalue weighted by Crippen LogP contribution is -2.36.